The van der Waals surface area contributed by atoms with Gasteiger partial charge in [-0.1, -0.05) is 37.3 Å². The molecule has 2 aromatic rings. The van der Waals surface area contributed by atoms with Crippen LogP contribution in [0.15, 0.2) is 47.9 Å². The molecule has 27 heavy (non-hydrogen) atoms. The number of nitrogens with one attached hydrogen (secondary N) is 1. The van der Waals surface area contributed by atoms with Crippen molar-refractivity contribution in [2.75, 3.05) is 19.7 Å². The van der Waals surface area contributed by atoms with Crippen molar-refractivity contribution in [1.29, 1.82) is 0 Å². The Morgan fingerprint density at radius 3 is 2.67 bits per heavy atom. The monoisotopic (exact) mass is 392 g/mol. The van der Waals surface area contributed by atoms with Crippen molar-refractivity contribution < 1.29 is 17.9 Å². The summed E-state index contributed by atoms with van der Waals surface area (Å²) in [7, 11) is -2.02. The highest BCUT2D eigenvalue weighted by molar-refractivity contribution is 7.89. The van der Waals surface area contributed by atoms with Gasteiger partial charge in [0.1, 0.15) is 0 Å². The van der Waals surface area contributed by atoms with Gasteiger partial charge in [-0.05, 0) is 12.0 Å². The number of aromatic nitrogens is 2. The number of imidazole rings is 1. The van der Waals surface area contributed by atoms with E-state index >= 15 is 0 Å². The van der Waals surface area contributed by atoms with Crippen LogP contribution >= 0.6 is 0 Å². The number of hydrogen-bond donors (Lipinski definition) is 1. The summed E-state index contributed by atoms with van der Waals surface area (Å²) >= 11 is 0. The Labute approximate surface area is 159 Å². The number of alkyl carbamates (subject to hydrolysis) is 1. The highest BCUT2D eigenvalue weighted by atomic mass is 32.2. The van der Waals surface area contributed by atoms with E-state index in [1.165, 1.54) is 16.8 Å². The molecule has 8 nitrogen and oxygen atoms in total. The predicted molar refractivity (Wildman–Crippen MR) is 99.7 cm³/mol. The SMILES string of the molecule is CCCOC(=O)N[C@H]1CN(S(=O)(=O)c2cn(C)cn2)C[C@@H]1c1ccccc1. The second kappa shape index (κ2) is 8.10. The van der Waals surface area contributed by atoms with Crippen LogP contribution in [0.25, 0.3) is 0 Å². The lowest BCUT2D eigenvalue weighted by Gasteiger charge is -2.19. The van der Waals surface area contributed by atoms with Crippen molar-refractivity contribution in [2.24, 2.45) is 7.05 Å². The zero-order valence-corrected chi connectivity index (χ0v) is 16.2. The number of nitrogens with zero attached hydrogens (tertiary/aromatic N) is 3. The maximum atomic E-state index is 12.9. The minimum Gasteiger partial charge on any atom is -0.450 e. The first kappa shape index (κ1) is 19.4. The molecule has 0 spiro atoms. The standard InChI is InChI=1S/C18H24N4O4S/c1-3-9-26-18(23)20-16-11-22(10-15(16)14-7-5-4-6-8-14)27(24,25)17-12-21(2)13-19-17/h4-8,12-13,15-16H,3,9-11H2,1-2H3,(H,20,23)/t15-,16+/m1/s1. The molecule has 1 aliphatic heterocycles. The van der Waals surface area contributed by atoms with Gasteiger partial charge in [-0.2, -0.15) is 4.31 Å². The smallest absolute Gasteiger partial charge is 0.407 e. The number of carbonyl (C=O) groups is 1. The molecule has 0 aliphatic carbocycles. The Hall–Kier alpha value is -2.39. The number of ether oxygens (including phenoxy) is 1. The Kier molecular flexibility index (Phi) is 5.81. The van der Waals surface area contributed by atoms with E-state index in [1.807, 2.05) is 37.3 Å². The van der Waals surface area contributed by atoms with Gasteiger partial charge < -0.3 is 14.6 Å². The van der Waals surface area contributed by atoms with Gasteiger partial charge in [0.15, 0.2) is 5.03 Å². The number of amides is 1. The van der Waals surface area contributed by atoms with Gasteiger partial charge >= 0.3 is 6.09 Å². The molecule has 1 N–H and O–H groups in total. The van der Waals surface area contributed by atoms with Gasteiger partial charge in [-0.15, -0.1) is 0 Å². The van der Waals surface area contributed by atoms with Crippen molar-refractivity contribution >= 4 is 16.1 Å². The third kappa shape index (κ3) is 4.30. The molecule has 1 amide bonds. The van der Waals surface area contributed by atoms with Gasteiger partial charge in [0.25, 0.3) is 10.0 Å². The summed E-state index contributed by atoms with van der Waals surface area (Å²) in [6, 6.07) is 9.20. The van der Waals surface area contributed by atoms with Gasteiger partial charge in [0.2, 0.25) is 0 Å². The molecule has 0 saturated carbocycles. The predicted octanol–water partition coefficient (Wildman–Crippen LogP) is 1.71. The summed E-state index contributed by atoms with van der Waals surface area (Å²) < 4.78 is 33.9. The summed E-state index contributed by atoms with van der Waals surface area (Å²) in [5.41, 5.74) is 0.969. The average molecular weight is 392 g/mol. The van der Waals surface area contributed by atoms with E-state index in [1.54, 1.807) is 11.6 Å². The zero-order valence-electron chi connectivity index (χ0n) is 15.4. The van der Waals surface area contributed by atoms with E-state index in [2.05, 4.69) is 10.3 Å². The fourth-order valence-electron chi connectivity index (χ4n) is 3.19. The first-order valence-electron chi connectivity index (χ1n) is 8.88. The van der Waals surface area contributed by atoms with E-state index in [4.69, 9.17) is 4.74 Å². The maximum Gasteiger partial charge on any atom is 0.407 e. The summed E-state index contributed by atoms with van der Waals surface area (Å²) in [6.07, 6.45) is 3.12. The van der Waals surface area contributed by atoms with Gasteiger partial charge in [-0.3, -0.25) is 0 Å². The Bertz CT molecular complexity index is 882. The van der Waals surface area contributed by atoms with Gasteiger partial charge in [0, 0.05) is 32.3 Å². The number of aryl methyl sites for hydroxylation is 1. The summed E-state index contributed by atoms with van der Waals surface area (Å²) in [6.45, 7) is 2.67. The van der Waals surface area contributed by atoms with Crippen LogP contribution in [0.3, 0.4) is 0 Å². The molecule has 1 aromatic carbocycles. The van der Waals surface area contributed by atoms with Crippen LogP contribution in [0, 0.1) is 0 Å². The van der Waals surface area contributed by atoms with Crippen molar-refractivity contribution in [3.05, 3.63) is 48.4 Å². The number of hydrogen-bond acceptors (Lipinski definition) is 5. The van der Waals surface area contributed by atoms with E-state index < -0.39 is 16.1 Å². The van der Waals surface area contributed by atoms with Crippen LogP contribution in [0.1, 0.15) is 24.8 Å². The van der Waals surface area contributed by atoms with Crippen LogP contribution in [-0.4, -0.2) is 54.1 Å². The normalized spacial score (nSPS) is 20.5. The average Bonchev–Trinajstić information content (AvgIpc) is 3.28. The van der Waals surface area contributed by atoms with Crippen molar-refractivity contribution in [2.45, 2.75) is 30.3 Å². The summed E-state index contributed by atoms with van der Waals surface area (Å²) in [5.74, 6) is -0.168. The van der Waals surface area contributed by atoms with E-state index in [-0.39, 0.29) is 30.1 Å². The van der Waals surface area contributed by atoms with Crippen LogP contribution in [-0.2, 0) is 21.8 Å². The summed E-state index contributed by atoms with van der Waals surface area (Å²) in [4.78, 5) is 16.0. The van der Waals surface area contributed by atoms with Crippen molar-refractivity contribution in [1.82, 2.24) is 19.2 Å². The van der Waals surface area contributed by atoms with Crippen LogP contribution in [0.5, 0.6) is 0 Å². The third-order valence-electron chi connectivity index (χ3n) is 4.54. The van der Waals surface area contributed by atoms with Crippen LogP contribution < -0.4 is 5.32 Å². The lowest BCUT2D eigenvalue weighted by Crippen LogP contribution is -2.40. The van der Waals surface area contributed by atoms with Gasteiger partial charge in [-0.25, -0.2) is 18.2 Å². The quantitative estimate of drug-likeness (QED) is 0.808. The molecule has 146 valence electrons. The Balaban J connectivity index is 1.83. The first-order chi connectivity index (χ1) is 12.9. The first-order valence-corrected chi connectivity index (χ1v) is 10.3. The van der Waals surface area contributed by atoms with Crippen LogP contribution in [0.2, 0.25) is 0 Å². The zero-order chi connectivity index (χ0) is 19.4. The molecule has 1 aliphatic rings. The van der Waals surface area contributed by atoms with Gasteiger partial charge in [0.05, 0.1) is 19.0 Å². The fourth-order valence-corrected chi connectivity index (χ4v) is 4.65. The van der Waals surface area contributed by atoms with E-state index in [0.29, 0.717) is 6.61 Å². The Morgan fingerprint density at radius 1 is 1.30 bits per heavy atom. The highest BCUT2D eigenvalue weighted by Crippen LogP contribution is 2.31. The van der Waals surface area contributed by atoms with Crippen LogP contribution in [0.4, 0.5) is 4.79 Å². The molecule has 1 fully saturated rings. The number of rotatable bonds is 6. The lowest BCUT2D eigenvalue weighted by molar-refractivity contribution is 0.142. The summed E-state index contributed by atoms with van der Waals surface area (Å²) in [5, 5.41) is 2.83. The lowest BCUT2D eigenvalue weighted by atomic mass is 9.94. The number of benzene rings is 1. The fraction of sp³-hybridized carbons (Fsp3) is 0.444. The molecule has 9 heteroatoms. The third-order valence-corrected chi connectivity index (χ3v) is 6.26. The molecular formula is C18H24N4O4S. The van der Waals surface area contributed by atoms with E-state index in [9.17, 15) is 13.2 Å². The van der Waals surface area contributed by atoms with E-state index in [0.717, 1.165) is 12.0 Å². The highest BCUT2D eigenvalue weighted by Gasteiger charge is 2.41. The molecule has 2 atom stereocenters. The number of sulfonamides is 1. The minimum atomic E-state index is -3.74. The largest absolute Gasteiger partial charge is 0.450 e. The minimum absolute atomic E-state index is 0.00558. The molecule has 0 bridgehead atoms. The molecular weight excluding hydrogens is 368 g/mol. The molecule has 0 unspecified atom stereocenters. The molecule has 2 heterocycles. The molecule has 3 rings (SSSR count). The molecule has 1 saturated heterocycles. The maximum absolute atomic E-state index is 12.9. The second-order valence-corrected chi connectivity index (χ2v) is 8.49. The Morgan fingerprint density at radius 2 is 2.04 bits per heavy atom. The van der Waals surface area contributed by atoms with Crippen molar-refractivity contribution in [3.63, 3.8) is 0 Å². The number of carbonyl (C=O) groups excluding carboxylic acids is 1. The second-order valence-electron chi connectivity index (χ2n) is 6.60. The molecule has 0 radical (unpaired) electrons. The van der Waals surface area contributed by atoms with Crippen molar-refractivity contribution in [3.8, 4) is 0 Å². The molecule has 1 aromatic heterocycles. The topological polar surface area (TPSA) is 93.5 Å².